The van der Waals surface area contributed by atoms with Crippen LogP contribution >= 0.6 is 0 Å². The van der Waals surface area contributed by atoms with Crippen molar-refractivity contribution in [2.24, 2.45) is 0 Å². The molecule has 1 atom stereocenters. The summed E-state index contributed by atoms with van der Waals surface area (Å²) in [7, 11) is 0. The zero-order valence-electron chi connectivity index (χ0n) is 14.3. The predicted octanol–water partition coefficient (Wildman–Crippen LogP) is 1.37. The molecule has 0 spiro atoms. The van der Waals surface area contributed by atoms with E-state index in [9.17, 15) is 9.35 Å². The number of nitrogens with two attached hydrogens (primary N) is 1. The van der Waals surface area contributed by atoms with Crippen LogP contribution in [-0.4, -0.2) is 49.1 Å². The third-order valence-electron chi connectivity index (χ3n) is 3.19. The van der Waals surface area contributed by atoms with Crippen LogP contribution < -0.4 is 16.0 Å². The Labute approximate surface area is 141 Å². The molecule has 0 aromatic heterocycles. The average Bonchev–Trinajstić information content (AvgIpc) is 2.48. The first kappa shape index (κ1) is 19.6. The summed E-state index contributed by atoms with van der Waals surface area (Å²) in [4.78, 5) is 12.6. The van der Waals surface area contributed by atoms with Gasteiger partial charge in [-0.1, -0.05) is 0 Å². The summed E-state index contributed by atoms with van der Waals surface area (Å²) in [6, 6.07) is 5.78. The van der Waals surface area contributed by atoms with Crippen LogP contribution in [0.5, 0.6) is 0 Å². The molecule has 2 rings (SSSR count). The van der Waals surface area contributed by atoms with Crippen molar-refractivity contribution in [1.29, 1.82) is 0 Å². The maximum atomic E-state index is 11.5. The summed E-state index contributed by atoms with van der Waals surface area (Å²) < 4.78 is 16.1. The molecular formula is C16H27N3O3S. The Morgan fingerprint density at radius 2 is 1.96 bits per heavy atom. The molecular weight excluding hydrogens is 314 g/mol. The quantitative estimate of drug-likeness (QED) is 0.490. The first-order valence-corrected chi connectivity index (χ1v) is 9.10. The smallest absolute Gasteiger partial charge is 0.293 e. The van der Waals surface area contributed by atoms with Gasteiger partial charge >= 0.3 is 0 Å². The van der Waals surface area contributed by atoms with Crippen LogP contribution in [0.1, 0.15) is 20.8 Å². The van der Waals surface area contributed by atoms with Crippen molar-refractivity contribution in [2.45, 2.75) is 31.3 Å². The monoisotopic (exact) mass is 341 g/mol. The summed E-state index contributed by atoms with van der Waals surface area (Å²) in [5.41, 5.74) is 7.20. The predicted molar refractivity (Wildman–Crippen MR) is 95.2 cm³/mol. The Morgan fingerprint density at radius 1 is 1.35 bits per heavy atom. The van der Waals surface area contributed by atoms with Crippen LogP contribution in [0, 0.1) is 0 Å². The van der Waals surface area contributed by atoms with Gasteiger partial charge in [0.25, 0.3) is 6.47 Å². The van der Waals surface area contributed by atoms with Crippen molar-refractivity contribution in [2.75, 3.05) is 43.1 Å². The number of piperazine rings is 1. The molecule has 1 aliphatic heterocycles. The number of rotatable bonds is 3. The zero-order valence-corrected chi connectivity index (χ0v) is 15.1. The van der Waals surface area contributed by atoms with E-state index in [1.807, 2.05) is 39.0 Å². The molecule has 3 N–H and O–H groups in total. The lowest BCUT2D eigenvalue weighted by molar-refractivity contribution is -0.138. The molecule has 7 heteroatoms. The van der Waals surface area contributed by atoms with Crippen molar-refractivity contribution < 1.29 is 14.1 Å². The highest BCUT2D eigenvalue weighted by molar-refractivity contribution is 7.90. The fourth-order valence-corrected chi connectivity index (χ4v) is 2.72. The molecule has 0 radical (unpaired) electrons. The summed E-state index contributed by atoms with van der Waals surface area (Å²) in [5.74, 6) is 0. The largest absolute Gasteiger partial charge is 0.612 e. The molecule has 1 unspecified atom stereocenters. The Bertz CT molecular complexity index is 498. The lowest BCUT2D eigenvalue weighted by Crippen LogP contribution is -2.43. The summed E-state index contributed by atoms with van der Waals surface area (Å²) in [5, 5.41) is 3.31. The lowest BCUT2D eigenvalue weighted by Gasteiger charge is -2.29. The van der Waals surface area contributed by atoms with Crippen LogP contribution in [0.25, 0.3) is 0 Å². The van der Waals surface area contributed by atoms with Crippen molar-refractivity contribution in [3.8, 4) is 0 Å². The minimum Gasteiger partial charge on any atom is -0.612 e. The van der Waals surface area contributed by atoms with Gasteiger partial charge in [-0.3, -0.25) is 4.79 Å². The fraction of sp³-hybridized carbons (Fsp3) is 0.562. The minimum atomic E-state index is -1.02. The third kappa shape index (κ3) is 7.11. The van der Waals surface area contributed by atoms with Gasteiger partial charge in [0.05, 0.1) is 5.69 Å². The maximum Gasteiger partial charge on any atom is 0.293 e. The van der Waals surface area contributed by atoms with Crippen LogP contribution in [0.3, 0.4) is 0 Å². The highest BCUT2D eigenvalue weighted by Gasteiger charge is 2.15. The highest BCUT2D eigenvalue weighted by atomic mass is 32.2. The zero-order chi connectivity index (χ0) is 17.5. The molecule has 0 amide bonds. The molecule has 1 aromatic rings. The SMILES string of the molecule is CC(C)(C)OC=O.C[S+]([O-])c1cc(N2CCNCC2)ccc1N. The van der Waals surface area contributed by atoms with E-state index in [1.165, 1.54) is 0 Å². The minimum absolute atomic E-state index is 0.318. The van der Waals surface area contributed by atoms with Crippen LogP contribution in [0.2, 0.25) is 0 Å². The molecule has 6 nitrogen and oxygen atoms in total. The number of nitrogens with one attached hydrogen (secondary N) is 1. The normalized spacial score (nSPS) is 16.1. The Hall–Kier alpha value is -1.44. The summed E-state index contributed by atoms with van der Waals surface area (Å²) in [6.07, 6.45) is 1.66. The molecule has 1 heterocycles. The summed E-state index contributed by atoms with van der Waals surface area (Å²) >= 11 is -1.02. The number of nitrogens with zero attached hydrogens (tertiary/aromatic N) is 1. The molecule has 0 aliphatic carbocycles. The number of benzene rings is 1. The van der Waals surface area contributed by atoms with Crippen LogP contribution in [0.4, 0.5) is 11.4 Å². The fourth-order valence-electron chi connectivity index (χ4n) is 2.04. The van der Waals surface area contributed by atoms with Crippen molar-refractivity contribution in [3.63, 3.8) is 0 Å². The molecule has 1 fully saturated rings. The van der Waals surface area contributed by atoms with Gasteiger partial charge in [-0.15, -0.1) is 0 Å². The van der Waals surface area contributed by atoms with Gasteiger partial charge in [0.1, 0.15) is 11.9 Å². The number of ether oxygens (including phenoxy) is 1. The van der Waals surface area contributed by atoms with Crippen molar-refractivity contribution >= 4 is 29.0 Å². The lowest BCUT2D eigenvalue weighted by atomic mass is 10.2. The number of hydrogen-bond donors (Lipinski definition) is 2. The van der Waals surface area contributed by atoms with E-state index in [1.54, 1.807) is 6.26 Å². The molecule has 1 saturated heterocycles. The average molecular weight is 341 g/mol. The van der Waals surface area contributed by atoms with E-state index >= 15 is 0 Å². The number of nitrogen functional groups attached to an aromatic ring is 1. The van der Waals surface area contributed by atoms with Gasteiger partial charge in [-0.25, -0.2) is 0 Å². The topological polar surface area (TPSA) is 90.6 Å². The molecule has 1 aromatic carbocycles. The second kappa shape index (κ2) is 9.00. The van der Waals surface area contributed by atoms with E-state index in [0.29, 0.717) is 12.2 Å². The van der Waals surface area contributed by atoms with Gasteiger partial charge in [0, 0.05) is 37.9 Å². The third-order valence-corrected chi connectivity index (χ3v) is 4.16. The number of carbonyl (C=O) groups is 1. The second-order valence-electron chi connectivity index (χ2n) is 6.24. The molecule has 130 valence electrons. The first-order valence-electron chi connectivity index (χ1n) is 7.54. The Balaban J connectivity index is 0.000000322. The Morgan fingerprint density at radius 3 is 2.39 bits per heavy atom. The van der Waals surface area contributed by atoms with Gasteiger partial charge in [-0.2, -0.15) is 0 Å². The molecule has 0 saturated carbocycles. The summed E-state index contributed by atoms with van der Waals surface area (Å²) in [6.45, 7) is 9.88. The number of hydrogen-bond acceptors (Lipinski definition) is 6. The second-order valence-corrected chi connectivity index (χ2v) is 7.59. The molecule has 0 bridgehead atoms. The van der Waals surface area contributed by atoms with Crippen LogP contribution in [-0.2, 0) is 20.7 Å². The van der Waals surface area contributed by atoms with E-state index < -0.39 is 11.2 Å². The highest BCUT2D eigenvalue weighted by Crippen LogP contribution is 2.25. The van der Waals surface area contributed by atoms with E-state index in [2.05, 4.69) is 15.0 Å². The Kier molecular flexibility index (Phi) is 7.67. The molecule has 23 heavy (non-hydrogen) atoms. The van der Waals surface area contributed by atoms with Gasteiger partial charge < -0.3 is 25.2 Å². The van der Waals surface area contributed by atoms with E-state index in [4.69, 9.17) is 5.73 Å². The maximum absolute atomic E-state index is 11.5. The van der Waals surface area contributed by atoms with Crippen LogP contribution in [0.15, 0.2) is 23.1 Å². The van der Waals surface area contributed by atoms with Gasteiger partial charge in [0.15, 0.2) is 4.90 Å². The van der Waals surface area contributed by atoms with Crippen molar-refractivity contribution in [3.05, 3.63) is 18.2 Å². The van der Waals surface area contributed by atoms with Gasteiger partial charge in [-0.05, 0) is 44.1 Å². The standard InChI is InChI=1S/C11H17N3OS.C5H10O2/c1-16(15)11-8-9(2-3-10(11)12)14-6-4-13-5-7-14;1-5(2,3)7-4-6/h2-3,8,13H,4-7,12H2,1H3;4H,1-3H3. The first-order chi connectivity index (χ1) is 10.7. The number of anilines is 2. The van der Waals surface area contributed by atoms with Gasteiger partial charge in [0.2, 0.25) is 0 Å². The number of carbonyl (C=O) groups excluding carboxylic acids is 1. The van der Waals surface area contributed by atoms with E-state index in [0.717, 1.165) is 36.8 Å². The van der Waals surface area contributed by atoms with E-state index in [-0.39, 0.29) is 5.60 Å². The van der Waals surface area contributed by atoms with Crippen molar-refractivity contribution in [1.82, 2.24) is 5.32 Å². The molecule has 1 aliphatic rings.